The Morgan fingerprint density at radius 1 is 1.59 bits per heavy atom. The first kappa shape index (κ1) is 9.89. The molecule has 1 atom stereocenters. The van der Waals surface area contributed by atoms with Gasteiger partial charge in [0, 0.05) is 17.3 Å². The zero-order valence-corrected chi connectivity index (χ0v) is 9.10. The quantitative estimate of drug-likeness (QED) is 0.787. The molecule has 17 heavy (non-hydrogen) atoms. The fourth-order valence-corrected chi connectivity index (χ4v) is 2.06. The van der Waals surface area contributed by atoms with Crippen LogP contribution in [0.5, 0.6) is 5.75 Å². The molecule has 86 valence electrons. The van der Waals surface area contributed by atoms with E-state index in [9.17, 15) is 4.79 Å². The lowest BCUT2D eigenvalue weighted by atomic mass is 10.0. The number of H-pyrrole nitrogens is 1. The Kier molecular flexibility index (Phi) is 1.95. The largest absolute Gasteiger partial charge is 0.484 e. The third-order valence-corrected chi connectivity index (χ3v) is 2.87. The maximum Gasteiger partial charge on any atom is 0.352 e. The van der Waals surface area contributed by atoms with Crippen molar-refractivity contribution in [3.63, 3.8) is 0 Å². The second kappa shape index (κ2) is 3.35. The fraction of sp³-hybridized carbons (Fsp3) is 0.167. The lowest BCUT2D eigenvalue weighted by Crippen LogP contribution is -2.09. The van der Waals surface area contributed by atoms with Gasteiger partial charge >= 0.3 is 5.97 Å². The van der Waals surface area contributed by atoms with Crippen LogP contribution in [0.3, 0.4) is 0 Å². The van der Waals surface area contributed by atoms with E-state index in [0.29, 0.717) is 5.75 Å². The molecule has 1 unspecified atom stereocenters. The normalized spacial score (nSPS) is 16.9. The number of aromatic nitrogens is 2. The number of fused-ring (bicyclic) bond motifs is 3. The Hall–Kier alpha value is -2.30. The van der Waals surface area contributed by atoms with Crippen molar-refractivity contribution < 1.29 is 14.6 Å². The van der Waals surface area contributed by atoms with E-state index in [-0.39, 0.29) is 11.8 Å². The number of pyridine rings is 1. The molecule has 0 amide bonds. The molecule has 0 saturated carbocycles. The Bertz CT molecular complexity index is 604. The summed E-state index contributed by atoms with van der Waals surface area (Å²) < 4.78 is 5.68. The summed E-state index contributed by atoms with van der Waals surface area (Å²) >= 11 is 0. The minimum atomic E-state index is -0.970. The summed E-state index contributed by atoms with van der Waals surface area (Å²) in [7, 11) is 0. The number of nitrogens with zero attached hydrogens (tertiary/aromatic N) is 1. The van der Waals surface area contributed by atoms with Gasteiger partial charge in [0.05, 0.1) is 11.9 Å². The van der Waals surface area contributed by atoms with Crippen molar-refractivity contribution in [1.82, 2.24) is 9.97 Å². The molecule has 0 saturated heterocycles. The van der Waals surface area contributed by atoms with Crippen LogP contribution >= 0.6 is 0 Å². The summed E-state index contributed by atoms with van der Waals surface area (Å²) in [6.07, 6.45) is 3.12. The highest BCUT2D eigenvalue weighted by atomic mass is 16.5. The topological polar surface area (TPSA) is 75.2 Å². The first-order valence-electron chi connectivity index (χ1n) is 5.24. The van der Waals surface area contributed by atoms with Crippen molar-refractivity contribution in [3.8, 4) is 17.0 Å². The standard InChI is InChI=1S/C12H10N2O3/c1-6-8-4-9(12(15)16)14-11(8)7-2-3-13-5-10(7)17-6/h2-6,14H,1H3,(H,15,16). The zero-order chi connectivity index (χ0) is 12.0. The van der Waals surface area contributed by atoms with Gasteiger partial charge < -0.3 is 14.8 Å². The summed E-state index contributed by atoms with van der Waals surface area (Å²) in [6.45, 7) is 1.88. The molecule has 0 radical (unpaired) electrons. The number of hydrogen-bond donors (Lipinski definition) is 2. The summed E-state index contributed by atoms with van der Waals surface area (Å²) in [4.78, 5) is 17.9. The molecule has 3 heterocycles. The van der Waals surface area contributed by atoms with E-state index in [4.69, 9.17) is 9.84 Å². The maximum absolute atomic E-state index is 11.0. The van der Waals surface area contributed by atoms with Gasteiger partial charge in [-0.3, -0.25) is 4.98 Å². The SMILES string of the molecule is CC1Oc2cnccc2-c2[nH]c(C(=O)O)cc21. The third-order valence-electron chi connectivity index (χ3n) is 2.87. The second-order valence-corrected chi connectivity index (χ2v) is 3.95. The Balaban J connectivity index is 2.24. The number of hydrogen-bond acceptors (Lipinski definition) is 3. The molecule has 2 aromatic heterocycles. The number of carboxylic acid groups (broad SMARTS) is 1. The van der Waals surface area contributed by atoms with Crippen molar-refractivity contribution in [2.45, 2.75) is 13.0 Å². The zero-order valence-electron chi connectivity index (χ0n) is 9.10. The molecule has 0 aliphatic carbocycles. The summed E-state index contributed by atoms with van der Waals surface area (Å²) in [5.41, 5.74) is 2.69. The minimum Gasteiger partial charge on any atom is -0.484 e. The van der Waals surface area contributed by atoms with Crippen LogP contribution in [0, 0.1) is 0 Å². The molecule has 5 nitrogen and oxygen atoms in total. The number of aromatic amines is 1. The second-order valence-electron chi connectivity index (χ2n) is 3.95. The predicted molar refractivity (Wildman–Crippen MR) is 60.0 cm³/mol. The van der Waals surface area contributed by atoms with Crippen LogP contribution in [0.2, 0.25) is 0 Å². The van der Waals surface area contributed by atoms with Crippen molar-refractivity contribution >= 4 is 5.97 Å². The molecule has 1 aliphatic rings. The van der Waals surface area contributed by atoms with E-state index < -0.39 is 5.97 Å². The number of carboxylic acids is 1. The smallest absolute Gasteiger partial charge is 0.352 e. The van der Waals surface area contributed by atoms with Gasteiger partial charge in [-0.05, 0) is 19.1 Å². The highest BCUT2D eigenvalue weighted by Crippen LogP contribution is 2.41. The first-order chi connectivity index (χ1) is 8.16. The molecular weight excluding hydrogens is 220 g/mol. The van der Waals surface area contributed by atoms with Gasteiger partial charge in [0.1, 0.15) is 17.5 Å². The van der Waals surface area contributed by atoms with E-state index in [1.807, 2.05) is 13.0 Å². The number of carbonyl (C=O) groups is 1. The van der Waals surface area contributed by atoms with Gasteiger partial charge in [-0.15, -0.1) is 0 Å². The Morgan fingerprint density at radius 3 is 3.18 bits per heavy atom. The van der Waals surface area contributed by atoms with E-state index in [0.717, 1.165) is 16.8 Å². The van der Waals surface area contributed by atoms with Crippen molar-refractivity contribution in [1.29, 1.82) is 0 Å². The molecule has 1 aliphatic heterocycles. The van der Waals surface area contributed by atoms with Crippen LogP contribution in [0.1, 0.15) is 29.1 Å². The molecule has 0 spiro atoms. The number of aromatic carboxylic acids is 1. The van der Waals surface area contributed by atoms with Gasteiger partial charge in [-0.25, -0.2) is 4.79 Å². The molecule has 0 bridgehead atoms. The molecule has 0 fully saturated rings. The van der Waals surface area contributed by atoms with Gasteiger partial charge in [-0.1, -0.05) is 0 Å². The summed E-state index contributed by atoms with van der Waals surface area (Å²) in [5, 5.41) is 8.98. The van der Waals surface area contributed by atoms with E-state index in [1.165, 1.54) is 0 Å². The highest BCUT2D eigenvalue weighted by Gasteiger charge is 2.26. The van der Waals surface area contributed by atoms with E-state index >= 15 is 0 Å². The Morgan fingerprint density at radius 2 is 2.41 bits per heavy atom. The molecule has 2 N–H and O–H groups in total. The van der Waals surface area contributed by atoms with Crippen molar-refractivity contribution in [2.24, 2.45) is 0 Å². The van der Waals surface area contributed by atoms with Crippen LogP contribution in [-0.2, 0) is 0 Å². The highest BCUT2D eigenvalue weighted by molar-refractivity contribution is 5.88. The van der Waals surface area contributed by atoms with E-state index in [2.05, 4.69) is 9.97 Å². The number of ether oxygens (including phenoxy) is 1. The average molecular weight is 230 g/mol. The number of nitrogens with one attached hydrogen (secondary N) is 1. The number of rotatable bonds is 1. The monoisotopic (exact) mass is 230 g/mol. The molecule has 0 aromatic carbocycles. The minimum absolute atomic E-state index is 0.175. The third kappa shape index (κ3) is 1.39. The van der Waals surface area contributed by atoms with Gasteiger partial charge in [0.25, 0.3) is 0 Å². The Labute approximate surface area is 97.1 Å². The fourth-order valence-electron chi connectivity index (χ4n) is 2.06. The first-order valence-corrected chi connectivity index (χ1v) is 5.24. The maximum atomic E-state index is 11.0. The van der Waals surface area contributed by atoms with Crippen LogP contribution in [-0.4, -0.2) is 21.0 Å². The van der Waals surface area contributed by atoms with Crippen LogP contribution in [0.15, 0.2) is 24.5 Å². The summed E-state index contributed by atoms with van der Waals surface area (Å²) in [5.74, 6) is -0.298. The van der Waals surface area contributed by atoms with Crippen LogP contribution < -0.4 is 4.74 Å². The van der Waals surface area contributed by atoms with Gasteiger partial charge in [0.2, 0.25) is 0 Å². The van der Waals surface area contributed by atoms with E-state index in [1.54, 1.807) is 18.5 Å². The average Bonchev–Trinajstić information content (AvgIpc) is 2.75. The molecule has 2 aromatic rings. The van der Waals surface area contributed by atoms with Gasteiger partial charge in [-0.2, -0.15) is 0 Å². The van der Waals surface area contributed by atoms with Gasteiger partial charge in [0.15, 0.2) is 0 Å². The molecule has 5 heteroatoms. The van der Waals surface area contributed by atoms with Crippen molar-refractivity contribution in [2.75, 3.05) is 0 Å². The van der Waals surface area contributed by atoms with Crippen LogP contribution in [0.25, 0.3) is 11.3 Å². The molecular formula is C12H10N2O3. The lowest BCUT2D eigenvalue weighted by Gasteiger charge is -2.22. The summed E-state index contributed by atoms with van der Waals surface area (Å²) in [6, 6.07) is 3.42. The molecule has 3 rings (SSSR count). The van der Waals surface area contributed by atoms with Crippen molar-refractivity contribution in [3.05, 3.63) is 35.8 Å². The predicted octanol–water partition coefficient (Wildman–Crippen LogP) is 2.23. The lowest BCUT2D eigenvalue weighted by molar-refractivity contribution is 0.0691. The van der Waals surface area contributed by atoms with Crippen LogP contribution in [0.4, 0.5) is 0 Å².